The van der Waals surface area contributed by atoms with Crippen molar-refractivity contribution in [2.24, 2.45) is 5.41 Å². The molecule has 2 aliphatic rings. The minimum Gasteiger partial charge on any atom is -0.461 e. The number of para-hydroxylation sites is 1. The Hall–Kier alpha value is -3.76. The number of allylic oxidation sites excluding steroid dienone is 9. The number of hydrogen-bond acceptors (Lipinski definition) is 4. The standard InChI is InChI=1S/C26H25N3O/c1-5-29-22(14-13-19-9-6-7-12-24(19)29)10-8-11-23-15-20(21(17-27)18-28)16-25(30-23)26(2,3)4/h6-16H,5H2,1-4H3/b11-8+,22-10+. The summed E-state index contributed by atoms with van der Waals surface area (Å²) in [6.07, 6.45) is 13.6. The van der Waals surface area contributed by atoms with Crippen LogP contribution in [0, 0.1) is 28.1 Å². The first-order chi connectivity index (χ1) is 14.4. The predicted molar refractivity (Wildman–Crippen MR) is 121 cm³/mol. The lowest BCUT2D eigenvalue weighted by atomic mass is 9.90. The first-order valence-corrected chi connectivity index (χ1v) is 9.96. The van der Waals surface area contributed by atoms with Crippen LogP contribution in [0.25, 0.3) is 6.08 Å². The van der Waals surface area contributed by atoms with E-state index in [0.717, 1.165) is 18.0 Å². The number of rotatable bonds is 3. The molecule has 0 radical (unpaired) electrons. The monoisotopic (exact) mass is 395 g/mol. The minimum atomic E-state index is -0.248. The van der Waals surface area contributed by atoms with Crippen LogP contribution in [0.4, 0.5) is 5.69 Å². The second-order valence-corrected chi connectivity index (χ2v) is 8.05. The van der Waals surface area contributed by atoms with Gasteiger partial charge in [-0.2, -0.15) is 10.5 Å². The molecule has 0 unspecified atom stereocenters. The van der Waals surface area contributed by atoms with Crippen LogP contribution < -0.4 is 4.90 Å². The number of anilines is 1. The zero-order chi connectivity index (χ0) is 21.7. The average Bonchev–Trinajstić information content (AvgIpc) is 2.73. The van der Waals surface area contributed by atoms with Crippen molar-refractivity contribution in [1.82, 2.24) is 0 Å². The minimum absolute atomic E-state index is 0.0771. The van der Waals surface area contributed by atoms with E-state index in [-0.39, 0.29) is 11.0 Å². The largest absolute Gasteiger partial charge is 0.461 e. The van der Waals surface area contributed by atoms with E-state index in [1.165, 1.54) is 11.3 Å². The van der Waals surface area contributed by atoms with Gasteiger partial charge in [0.05, 0.1) is 0 Å². The summed E-state index contributed by atoms with van der Waals surface area (Å²) in [6.45, 7) is 9.09. The second-order valence-electron chi connectivity index (χ2n) is 8.05. The fraction of sp³-hybridized carbons (Fsp3) is 0.231. The van der Waals surface area contributed by atoms with Crippen molar-refractivity contribution in [3.8, 4) is 12.1 Å². The molecule has 0 bridgehead atoms. The maximum Gasteiger partial charge on any atom is 0.137 e. The molecule has 0 saturated carbocycles. The topological polar surface area (TPSA) is 60.0 Å². The van der Waals surface area contributed by atoms with E-state index in [9.17, 15) is 10.5 Å². The molecule has 0 spiro atoms. The van der Waals surface area contributed by atoms with Crippen LogP contribution in [-0.2, 0) is 4.74 Å². The summed E-state index contributed by atoms with van der Waals surface area (Å²) in [5.74, 6) is 1.32. The van der Waals surface area contributed by atoms with Gasteiger partial charge >= 0.3 is 0 Å². The molecular formula is C26H25N3O. The molecule has 1 aromatic rings. The highest BCUT2D eigenvalue weighted by Gasteiger charge is 2.24. The second kappa shape index (κ2) is 8.72. The fourth-order valence-corrected chi connectivity index (χ4v) is 3.29. The molecule has 1 aromatic carbocycles. The lowest BCUT2D eigenvalue weighted by Crippen LogP contribution is -2.23. The van der Waals surface area contributed by atoms with Gasteiger partial charge in [-0.3, -0.25) is 0 Å². The first kappa shape index (κ1) is 21.0. The van der Waals surface area contributed by atoms with Crippen LogP contribution in [0.2, 0.25) is 0 Å². The number of hydrogen-bond donors (Lipinski definition) is 0. The molecule has 0 N–H and O–H groups in total. The molecule has 3 rings (SSSR count). The Bertz CT molecular complexity index is 1090. The Morgan fingerprint density at radius 1 is 1.10 bits per heavy atom. The van der Waals surface area contributed by atoms with Crippen molar-refractivity contribution in [2.75, 3.05) is 11.4 Å². The van der Waals surface area contributed by atoms with Gasteiger partial charge in [0.1, 0.15) is 29.2 Å². The Labute approximate surface area is 178 Å². The summed E-state index contributed by atoms with van der Waals surface area (Å²) in [6, 6.07) is 12.3. The van der Waals surface area contributed by atoms with Crippen LogP contribution in [0.3, 0.4) is 0 Å². The number of fused-ring (bicyclic) bond motifs is 1. The molecule has 30 heavy (non-hydrogen) atoms. The van der Waals surface area contributed by atoms with Crippen LogP contribution in [0.15, 0.2) is 89.1 Å². The maximum atomic E-state index is 9.27. The van der Waals surface area contributed by atoms with Crippen LogP contribution >= 0.6 is 0 Å². The zero-order valence-corrected chi connectivity index (χ0v) is 17.8. The Kier molecular flexibility index (Phi) is 6.09. The lowest BCUT2D eigenvalue weighted by Gasteiger charge is -2.29. The van der Waals surface area contributed by atoms with E-state index in [4.69, 9.17) is 4.74 Å². The first-order valence-electron chi connectivity index (χ1n) is 9.96. The summed E-state index contributed by atoms with van der Waals surface area (Å²) >= 11 is 0. The molecule has 0 aromatic heterocycles. The molecule has 4 heteroatoms. The summed E-state index contributed by atoms with van der Waals surface area (Å²) in [5, 5.41) is 18.5. The van der Waals surface area contributed by atoms with Crippen molar-refractivity contribution >= 4 is 11.8 Å². The third kappa shape index (κ3) is 4.45. The lowest BCUT2D eigenvalue weighted by molar-refractivity contribution is 0.223. The Morgan fingerprint density at radius 2 is 1.83 bits per heavy atom. The van der Waals surface area contributed by atoms with Gasteiger partial charge in [-0.05, 0) is 48.9 Å². The SMILES string of the molecule is CCN1/C(=C/C=C/C2=CC(=C(C#N)C#N)C=C(C(C)(C)C)O2)C=Cc2ccccc21. The molecule has 0 fully saturated rings. The van der Waals surface area contributed by atoms with Crippen molar-refractivity contribution in [1.29, 1.82) is 10.5 Å². The highest BCUT2D eigenvalue weighted by molar-refractivity contribution is 5.76. The number of nitrogens with zero attached hydrogens (tertiary/aromatic N) is 3. The molecular weight excluding hydrogens is 370 g/mol. The van der Waals surface area contributed by atoms with E-state index in [1.807, 2.05) is 63.3 Å². The summed E-state index contributed by atoms with van der Waals surface area (Å²) in [4.78, 5) is 2.26. The molecule has 0 atom stereocenters. The molecule has 0 aliphatic carbocycles. The van der Waals surface area contributed by atoms with E-state index in [0.29, 0.717) is 11.3 Å². The molecule has 0 saturated heterocycles. The highest BCUT2D eigenvalue weighted by Crippen LogP contribution is 2.34. The van der Waals surface area contributed by atoms with Crippen LogP contribution in [-0.4, -0.2) is 6.54 Å². The molecule has 150 valence electrons. The number of likely N-dealkylation sites (N-methyl/N-ethyl adjacent to an activating group) is 1. The summed E-state index contributed by atoms with van der Waals surface area (Å²) in [5.41, 5.74) is 3.88. The van der Waals surface area contributed by atoms with Gasteiger partial charge in [0.2, 0.25) is 0 Å². The summed E-state index contributed by atoms with van der Waals surface area (Å²) in [7, 11) is 0. The van der Waals surface area contributed by atoms with Gasteiger partial charge in [-0.15, -0.1) is 0 Å². The van der Waals surface area contributed by atoms with Gasteiger partial charge < -0.3 is 9.64 Å². The van der Waals surface area contributed by atoms with E-state index in [1.54, 1.807) is 12.2 Å². The maximum absolute atomic E-state index is 9.27. The van der Waals surface area contributed by atoms with Crippen molar-refractivity contribution in [3.63, 3.8) is 0 Å². The third-order valence-electron chi connectivity index (χ3n) is 4.88. The third-order valence-corrected chi connectivity index (χ3v) is 4.88. The Balaban J connectivity index is 1.91. The Morgan fingerprint density at radius 3 is 2.50 bits per heavy atom. The number of nitriles is 2. The highest BCUT2D eigenvalue weighted by atomic mass is 16.5. The van der Waals surface area contributed by atoms with Crippen LogP contribution in [0.5, 0.6) is 0 Å². The van der Waals surface area contributed by atoms with Gasteiger partial charge in [-0.25, -0.2) is 0 Å². The quantitative estimate of drug-likeness (QED) is 0.574. The average molecular weight is 396 g/mol. The van der Waals surface area contributed by atoms with Gasteiger partial charge in [-0.1, -0.05) is 51.1 Å². The van der Waals surface area contributed by atoms with E-state index >= 15 is 0 Å². The normalized spacial score (nSPS) is 17.1. The number of ether oxygens (including phenoxy) is 1. The fourth-order valence-electron chi connectivity index (χ4n) is 3.29. The van der Waals surface area contributed by atoms with Gasteiger partial charge in [0, 0.05) is 28.9 Å². The molecule has 2 heterocycles. The summed E-state index contributed by atoms with van der Waals surface area (Å²) < 4.78 is 6.04. The van der Waals surface area contributed by atoms with Crippen LogP contribution in [0.1, 0.15) is 33.3 Å². The molecule has 4 nitrogen and oxygen atoms in total. The van der Waals surface area contributed by atoms with Gasteiger partial charge in [0.25, 0.3) is 0 Å². The van der Waals surface area contributed by atoms with Crippen molar-refractivity contribution in [3.05, 3.63) is 94.6 Å². The van der Waals surface area contributed by atoms with Crippen molar-refractivity contribution in [2.45, 2.75) is 27.7 Å². The zero-order valence-electron chi connectivity index (χ0n) is 17.8. The predicted octanol–water partition coefficient (Wildman–Crippen LogP) is 6.17. The van der Waals surface area contributed by atoms with Crippen molar-refractivity contribution < 1.29 is 4.74 Å². The van der Waals surface area contributed by atoms with E-state index in [2.05, 4.69) is 36.1 Å². The molecule has 0 amide bonds. The van der Waals surface area contributed by atoms with Gasteiger partial charge in [0.15, 0.2) is 0 Å². The number of benzene rings is 1. The van der Waals surface area contributed by atoms with E-state index < -0.39 is 0 Å². The smallest absolute Gasteiger partial charge is 0.137 e. The molecule has 2 aliphatic heterocycles.